The van der Waals surface area contributed by atoms with Crippen LogP contribution in [0.15, 0.2) is 73.1 Å². The lowest BCUT2D eigenvalue weighted by molar-refractivity contribution is 0.262. The number of aromatic nitrogens is 5. The molecule has 3 aromatic heterocycles. The van der Waals surface area contributed by atoms with E-state index in [1.807, 2.05) is 44.2 Å². The molecule has 0 fully saturated rings. The number of nitrogens with one attached hydrogen (secondary N) is 3. The summed E-state index contributed by atoms with van der Waals surface area (Å²) in [6, 6.07) is 16.4. The summed E-state index contributed by atoms with van der Waals surface area (Å²) in [5.41, 5.74) is 2.39. The summed E-state index contributed by atoms with van der Waals surface area (Å²) in [7, 11) is 1.68. The number of ether oxygens (including phenoxy) is 1. The molecule has 5 aromatic rings. The first-order valence-corrected chi connectivity index (χ1v) is 11.9. The van der Waals surface area contributed by atoms with Crippen molar-refractivity contribution in [3.63, 3.8) is 0 Å². The second-order valence-electron chi connectivity index (χ2n) is 8.69. The Kier molecular flexibility index (Phi) is 6.81. The lowest BCUT2D eigenvalue weighted by atomic mass is 10.1. The summed E-state index contributed by atoms with van der Waals surface area (Å²) >= 11 is 0. The van der Waals surface area contributed by atoms with Gasteiger partial charge in [-0.05, 0) is 42.3 Å². The number of amides is 2. The molecule has 0 aliphatic carbocycles. The van der Waals surface area contributed by atoms with Crippen LogP contribution in [0.4, 0.5) is 26.6 Å². The van der Waals surface area contributed by atoms with E-state index in [1.54, 1.807) is 30.1 Å². The maximum atomic E-state index is 14.8. The zero-order valence-corrected chi connectivity index (χ0v) is 20.9. The fraction of sp³-hybridized carbons (Fsp3) is 0.148. The molecule has 2 amide bonds. The van der Waals surface area contributed by atoms with Crippen molar-refractivity contribution in [2.24, 2.45) is 0 Å². The van der Waals surface area contributed by atoms with Gasteiger partial charge < -0.3 is 15.4 Å². The highest BCUT2D eigenvalue weighted by Gasteiger charge is 2.16. The number of carbonyl (C=O) groups is 1. The fourth-order valence-corrected chi connectivity index (χ4v) is 3.73. The number of urea groups is 1. The quantitative estimate of drug-likeness (QED) is 0.246. The van der Waals surface area contributed by atoms with Gasteiger partial charge in [-0.3, -0.25) is 10.3 Å². The number of rotatable bonds is 7. The minimum absolute atomic E-state index is 0.0135. The molecule has 38 heavy (non-hydrogen) atoms. The van der Waals surface area contributed by atoms with Gasteiger partial charge in [-0.2, -0.15) is 10.1 Å². The third-order valence-corrected chi connectivity index (χ3v) is 5.66. The van der Waals surface area contributed by atoms with E-state index >= 15 is 0 Å². The molecule has 10 nitrogen and oxygen atoms in total. The summed E-state index contributed by atoms with van der Waals surface area (Å²) in [5, 5.41) is 13.8. The second kappa shape index (κ2) is 10.5. The lowest BCUT2D eigenvalue weighted by Crippen LogP contribution is -2.22. The Morgan fingerprint density at radius 2 is 1.87 bits per heavy atom. The molecule has 0 unspecified atom stereocenters. The highest BCUT2D eigenvalue weighted by molar-refractivity contribution is 5.99. The van der Waals surface area contributed by atoms with Gasteiger partial charge in [0, 0.05) is 43.0 Å². The van der Waals surface area contributed by atoms with E-state index in [1.165, 1.54) is 24.4 Å². The Bertz CT molecular complexity index is 1620. The molecule has 0 radical (unpaired) electrons. The van der Waals surface area contributed by atoms with Gasteiger partial charge in [-0.25, -0.2) is 18.9 Å². The second-order valence-corrected chi connectivity index (χ2v) is 8.69. The highest BCUT2D eigenvalue weighted by Crippen LogP contribution is 2.27. The molecule has 3 heterocycles. The van der Waals surface area contributed by atoms with E-state index in [2.05, 4.69) is 36.0 Å². The van der Waals surface area contributed by atoms with Crippen molar-refractivity contribution in [3.05, 3.63) is 84.6 Å². The monoisotopic (exact) mass is 512 g/mol. The predicted molar refractivity (Wildman–Crippen MR) is 144 cm³/mol. The number of hydrogen-bond acceptors (Lipinski definition) is 7. The zero-order chi connectivity index (χ0) is 26.6. The first-order chi connectivity index (χ1) is 18.4. The van der Waals surface area contributed by atoms with Crippen LogP contribution in [-0.2, 0) is 0 Å². The van der Waals surface area contributed by atoms with E-state index in [0.29, 0.717) is 11.8 Å². The van der Waals surface area contributed by atoms with Crippen LogP contribution < -0.4 is 20.7 Å². The van der Waals surface area contributed by atoms with Gasteiger partial charge in [0.2, 0.25) is 11.8 Å². The smallest absolute Gasteiger partial charge is 0.324 e. The van der Waals surface area contributed by atoms with Crippen LogP contribution in [0.2, 0.25) is 0 Å². The normalized spacial score (nSPS) is 11.0. The number of anilines is 3. The Morgan fingerprint density at radius 1 is 1.00 bits per heavy atom. The van der Waals surface area contributed by atoms with E-state index in [9.17, 15) is 9.18 Å². The molecule has 2 aromatic carbocycles. The summed E-state index contributed by atoms with van der Waals surface area (Å²) in [6.45, 7) is 4.03. The van der Waals surface area contributed by atoms with Crippen molar-refractivity contribution in [2.45, 2.75) is 19.8 Å². The van der Waals surface area contributed by atoms with Gasteiger partial charge in [-0.15, -0.1) is 0 Å². The summed E-state index contributed by atoms with van der Waals surface area (Å²) in [4.78, 5) is 25.4. The minimum atomic E-state index is -0.668. The van der Waals surface area contributed by atoms with Crippen molar-refractivity contribution in [3.8, 4) is 17.3 Å². The van der Waals surface area contributed by atoms with Crippen LogP contribution in [0.3, 0.4) is 0 Å². The van der Waals surface area contributed by atoms with Crippen molar-refractivity contribution in [1.82, 2.24) is 24.7 Å². The molecule has 0 aliphatic heterocycles. The molecule has 192 valence electrons. The Balaban J connectivity index is 1.34. The number of hydrogen-bond donors (Lipinski definition) is 3. The Labute approximate surface area is 217 Å². The first kappa shape index (κ1) is 24.6. The molecule has 0 spiro atoms. The molecule has 0 atom stereocenters. The number of halogens is 1. The van der Waals surface area contributed by atoms with Crippen molar-refractivity contribution in [1.29, 1.82) is 0 Å². The molecule has 3 N–H and O–H groups in total. The highest BCUT2D eigenvalue weighted by atomic mass is 19.1. The first-order valence-electron chi connectivity index (χ1n) is 11.9. The molecule has 0 aliphatic rings. The standard InChI is InChI=1S/C27H25FN8O2/c1-16(2)23-15-24(36(35-23)18-6-8-21-17(13-18)5-4-11-30-21)33-27(37)32-22-9-7-19(14-20(22)28)38-25-10-12-31-26(29-3)34-25/h4-16H,1-3H3,(H,29,31,34)(H2,32,33,37). The van der Waals surface area contributed by atoms with Gasteiger partial charge in [0.1, 0.15) is 17.4 Å². The molecular formula is C27H25FN8O2. The van der Waals surface area contributed by atoms with Crippen molar-refractivity contribution in [2.75, 3.05) is 23.0 Å². The van der Waals surface area contributed by atoms with Gasteiger partial charge in [0.15, 0.2) is 0 Å². The molecule has 11 heteroatoms. The zero-order valence-electron chi connectivity index (χ0n) is 20.9. The van der Waals surface area contributed by atoms with Gasteiger partial charge in [0.05, 0.1) is 22.6 Å². The summed E-state index contributed by atoms with van der Waals surface area (Å²) < 4.78 is 22.1. The van der Waals surface area contributed by atoms with Crippen LogP contribution in [0.25, 0.3) is 16.6 Å². The summed E-state index contributed by atoms with van der Waals surface area (Å²) in [5.74, 6) is 0.752. The lowest BCUT2D eigenvalue weighted by Gasteiger charge is -2.12. The number of nitrogens with zero attached hydrogens (tertiary/aromatic N) is 5. The van der Waals surface area contributed by atoms with Crippen LogP contribution in [0.1, 0.15) is 25.5 Å². The van der Waals surface area contributed by atoms with Crippen LogP contribution in [0.5, 0.6) is 11.6 Å². The Hall–Kier alpha value is -5.06. The van der Waals surface area contributed by atoms with E-state index in [-0.39, 0.29) is 23.2 Å². The SMILES string of the molecule is CNc1nccc(Oc2ccc(NC(=O)Nc3cc(C(C)C)nn3-c3ccc4ncccc4c3)c(F)c2)n1. The van der Waals surface area contributed by atoms with Crippen molar-refractivity contribution < 1.29 is 13.9 Å². The fourth-order valence-electron chi connectivity index (χ4n) is 3.73. The third kappa shape index (κ3) is 5.36. The average molecular weight is 513 g/mol. The van der Waals surface area contributed by atoms with Gasteiger partial charge in [0.25, 0.3) is 0 Å². The Morgan fingerprint density at radius 3 is 2.66 bits per heavy atom. The number of benzene rings is 2. The number of carbonyl (C=O) groups excluding carboxylic acids is 1. The van der Waals surface area contributed by atoms with Crippen molar-refractivity contribution >= 4 is 34.4 Å². The minimum Gasteiger partial charge on any atom is -0.439 e. The topological polar surface area (TPSA) is 119 Å². The van der Waals surface area contributed by atoms with E-state index in [0.717, 1.165) is 22.3 Å². The molecular weight excluding hydrogens is 487 g/mol. The van der Waals surface area contributed by atoms with Gasteiger partial charge in [-0.1, -0.05) is 19.9 Å². The van der Waals surface area contributed by atoms with E-state index < -0.39 is 11.8 Å². The largest absolute Gasteiger partial charge is 0.439 e. The summed E-state index contributed by atoms with van der Waals surface area (Å²) in [6.07, 6.45) is 3.26. The average Bonchev–Trinajstić information content (AvgIpc) is 3.34. The molecule has 0 bridgehead atoms. The number of fused-ring (bicyclic) bond motifs is 1. The van der Waals surface area contributed by atoms with E-state index in [4.69, 9.17) is 4.74 Å². The number of pyridine rings is 1. The molecule has 0 saturated carbocycles. The van der Waals surface area contributed by atoms with Crippen LogP contribution in [-0.4, -0.2) is 37.8 Å². The molecule has 0 saturated heterocycles. The predicted octanol–water partition coefficient (Wildman–Crippen LogP) is 5.95. The van der Waals surface area contributed by atoms with Crippen LogP contribution >= 0.6 is 0 Å². The van der Waals surface area contributed by atoms with Gasteiger partial charge >= 0.3 is 6.03 Å². The maximum absolute atomic E-state index is 14.8. The maximum Gasteiger partial charge on any atom is 0.324 e. The van der Waals surface area contributed by atoms with Crippen LogP contribution in [0, 0.1) is 5.82 Å². The third-order valence-electron chi connectivity index (χ3n) is 5.66. The molecule has 5 rings (SSSR count).